The van der Waals surface area contributed by atoms with Gasteiger partial charge in [-0.05, 0) is 6.07 Å². The van der Waals surface area contributed by atoms with Crippen molar-refractivity contribution < 1.29 is 14.3 Å². The predicted molar refractivity (Wildman–Crippen MR) is 59.0 cm³/mol. The molecule has 0 bridgehead atoms. The number of nitrogens with one attached hydrogen (secondary N) is 1. The van der Waals surface area contributed by atoms with Crippen molar-refractivity contribution in [3.8, 4) is 5.75 Å². The first-order chi connectivity index (χ1) is 7.81. The lowest BCUT2D eigenvalue weighted by Gasteiger charge is -2.07. The molecule has 1 aromatic carbocycles. The minimum Gasteiger partial charge on any atom is -0.491 e. The maximum absolute atomic E-state index is 10.9. The molecule has 1 heterocycles. The minimum absolute atomic E-state index is 0.0945. The molecule has 84 valence electrons. The summed E-state index contributed by atoms with van der Waals surface area (Å²) in [4.78, 5) is 10.9. The van der Waals surface area contributed by atoms with Crippen LogP contribution in [0.3, 0.4) is 0 Å². The number of methoxy groups -OCH3 is 1. The molecule has 0 radical (unpaired) electrons. The summed E-state index contributed by atoms with van der Waals surface area (Å²) >= 11 is 0. The lowest BCUT2D eigenvalue weighted by atomic mass is 10.1. The molecule has 0 saturated carbocycles. The van der Waals surface area contributed by atoms with Gasteiger partial charge in [-0.3, -0.25) is 0 Å². The fourth-order valence-electron chi connectivity index (χ4n) is 1.60. The number of fused-ring (bicyclic) bond motifs is 1. The third-order valence-electron chi connectivity index (χ3n) is 2.42. The molecule has 1 unspecified atom stereocenters. The molecular weight excluding hydrogens is 206 g/mol. The average Bonchev–Trinajstić information content (AvgIpc) is 2.73. The van der Waals surface area contributed by atoms with Crippen LogP contribution in [0.5, 0.6) is 5.75 Å². The normalized spacial score (nSPS) is 17.9. The van der Waals surface area contributed by atoms with Crippen LogP contribution in [0.25, 0.3) is 0 Å². The first-order valence-electron chi connectivity index (χ1n) is 5.03. The van der Waals surface area contributed by atoms with Crippen molar-refractivity contribution in [2.24, 2.45) is 0 Å². The van der Waals surface area contributed by atoms with Gasteiger partial charge in [-0.1, -0.05) is 18.2 Å². The Balaban J connectivity index is 1.98. The Morgan fingerprint density at radius 1 is 1.56 bits per heavy atom. The Morgan fingerprint density at radius 3 is 3.19 bits per heavy atom. The van der Waals surface area contributed by atoms with Gasteiger partial charge in [0.1, 0.15) is 12.4 Å². The van der Waals surface area contributed by atoms with Gasteiger partial charge in [0.2, 0.25) is 0 Å². The van der Waals surface area contributed by atoms with E-state index in [0.717, 1.165) is 11.3 Å². The van der Waals surface area contributed by atoms with Gasteiger partial charge in [-0.25, -0.2) is 4.79 Å². The molecule has 4 heteroatoms. The SMILES string of the molecule is COC(=O)/C=C/NC1COc2ccccc21. The minimum atomic E-state index is -0.375. The first-order valence-corrected chi connectivity index (χ1v) is 5.03. The molecule has 1 atom stereocenters. The quantitative estimate of drug-likeness (QED) is 0.616. The summed E-state index contributed by atoms with van der Waals surface area (Å²) in [5.74, 6) is 0.520. The Kier molecular flexibility index (Phi) is 3.10. The van der Waals surface area contributed by atoms with E-state index in [9.17, 15) is 4.79 Å². The fourth-order valence-corrected chi connectivity index (χ4v) is 1.60. The van der Waals surface area contributed by atoms with Gasteiger partial charge in [-0.15, -0.1) is 0 Å². The molecule has 16 heavy (non-hydrogen) atoms. The summed E-state index contributed by atoms with van der Waals surface area (Å²) < 4.78 is 9.97. The number of carbonyl (C=O) groups excluding carboxylic acids is 1. The zero-order valence-electron chi connectivity index (χ0n) is 8.97. The highest BCUT2D eigenvalue weighted by molar-refractivity contribution is 5.81. The van der Waals surface area contributed by atoms with Crippen molar-refractivity contribution >= 4 is 5.97 Å². The van der Waals surface area contributed by atoms with Crippen LogP contribution in [0.1, 0.15) is 11.6 Å². The summed E-state index contributed by atoms with van der Waals surface area (Å²) in [6, 6.07) is 7.93. The van der Waals surface area contributed by atoms with Gasteiger partial charge in [0.15, 0.2) is 0 Å². The number of esters is 1. The monoisotopic (exact) mass is 219 g/mol. The lowest BCUT2D eigenvalue weighted by Crippen LogP contribution is -2.17. The van der Waals surface area contributed by atoms with Crippen molar-refractivity contribution in [1.29, 1.82) is 0 Å². The molecular formula is C12H13NO3. The highest BCUT2D eigenvalue weighted by Crippen LogP contribution is 2.31. The molecule has 1 aliphatic rings. The van der Waals surface area contributed by atoms with Crippen LogP contribution < -0.4 is 10.1 Å². The standard InChI is InChI=1S/C12H13NO3/c1-15-12(14)6-7-13-10-8-16-11-5-3-2-4-9(10)11/h2-7,10,13H,8H2,1H3/b7-6+. The second kappa shape index (κ2) is 4.70. The summed E-state index contributed by atoms with van der Waals surface area (Å²) in [7, 11) is 1.35. The highest BCUT2D eigenvalue weighted by Gasteiger charge is 2.21. The van der Waals surface area contributed by atoms with E-state index in [2.05, 4.69) is 10.1 Å². The predicted octanol–water partition coefficient (Wildman–Crippen LogP) is 1.40. The Labute approximate surface area is 93.9 Å². The van der Waals surface area contributed by atoms with Gasteiger partial charge in [0.05, 0.1) is 13.2 Å². The van der Waals surface area contributed by atoms with Gasteiger partial charge in [0, 0.05) is 17.8 Å². The summed E-state index contributed by atoms with van der Waals surface area (Å²) in [5.41, 5.74) is 1.11. The van der Waals surface area contributed by atoms with E-state index in [1.807, 2.05) is 24.3 Å². The molecule has 4 nitrogen and oxygen atoms in total. The molecule has 1 aromatic rings. The number of para-hydroxylation sites is 1. The average molecular weight is 219 g/mol. The van der Waals surface area contributed by atoms with Crippen LogP contribution in [-0.4, -0.2) is 19.7 Å². The zero-order chi connectivity index (χ0) is 11.4. The number of rotatable bonds is 3. The number of hydrogen-bond donors (Lipinski definition) is 1. The molecule has 1 aliphatic heterocycles. The number of carbonyl (C=O) groups is 1. The third kappa shape index (κ3) is 2.16. The summed E-state index contributed by atoms with van der Waals surface area (Å²) in [6.45, 7) is 0.574. The largest absolute Gasteiger partial charge is 0.491 e. The van der Waals surface area contributed by atoms with Gasteiger partial charge in [0.25, 0.3) is 0 Å². The molecule has 0 spiro atoms. The van der Waals surface area contributed by atoms with Crippen molar-refractivity contribution in [3.05, 3.63) is 42.1 Å². The molecule has 0 saturated heterocycles. The van der Waals surface area contributed by atoms with E-state index < -0.39 is 0 Å². The van der Waals surface area contributed by atoms with Crippen LogP contribution >= 0.6 is 0 Å². The van der Waals surface area contributed by atoms with Crippen LogP contribution in [-0.2, 0) is 9.53 Å². The molecule has 2 rings (SSSR count). The fraction of sp³-hybridized carbons (Fsp3) is 0.250. The zero-order valence-corrected chi connectivity index (χ0v) is 8.97. The van der Waals surface area contributed by atoms with Crippen molar-refractivity contribution in [3.63, 3.8) is 0 Å². The van der Waals surface area contributed by atoms with Crippen LogP contribution in [0.4, 0.5) is 0 Å². The van der Waals surface area contributed by atoms with Gasteiger partial charge < -0.3 is 14.8 Å². The van der Waals surface area contributed by atoms with Crippen molar-refractivity contribution in [1.82, 2.24) is 5.32 Å². The van der Waals surface area contributed by atoms with Crippen LogP contribution in [0.2, 0.25) is 0 Å². The number of ether oxygens (including phenoxy) is 2. The van der Waals surface area contributed by atoms with E-state index in [4.69, 9.17) is 4.74 Å². The molecule has 1 N–H and O–H groups in total. The molecule has 0 aromatic heterocycles. The maximum atomic E-state index is 10.9. The maximum Gasteiger partial charge on any atom is 0.331 e. The van der Waals surface area contributed by atoms with E-state index >= 15 is 0 Å². The van der Waals surface area contributed by atoms with E-state index in [0.29, 0.717) is 6.61 Å². The van der Waals surface area contributed by atoms with Crippen LogP contribution in [0, 0.1) is 0 Å². The Hall–Kier alpha value is -1.97. The summed E-state index contributed by atoms with van der Waals surface area (Å²) in [5, 5.41) is 3.10. The van der Waals surface area contributed by atoms with E-state index in [-0.39, 0.29) is 12.0 Å². The van der Waals surface area contributed by atoms with Gasteiger partial charge in [-0.2, -0.15) is 0 Å². The van der Waals surface area contributed by atoms with E-state index in [1.165, 1.54) is 13.2 Å². The third-order valence-corrected chi connectivity index (χ3v) is 2.42. The molecule has 0 aliphatic carbocycles. The Morgan fingerprint density at radius 2 is 2.38 bits per heavy atom. The summed E-state index contributed by atoms with van der Waals surface area (Å²) in [6.07, 6.45) is 2.93. The number of hydrogen-bond acceptors (Lipinski definition) is 4. The Bertz CT molecular complexity index is 414. The van der Waals surface area contributed by atoms with Crippen LogP contribution in [0.15, 0.2) is 36.5 Å². The lowest BCUT2D eigenvalue weighted by molar-refractivity contribution is -0.134. The molecule has 0 fully saturated rings. The second-order valence-electron chi connectivity index (χ2n) is 3.42. The molecule has 0 amide bonds. The second-order valence-corrected chi connectivity index (χ2v) is 3.42. The highest BCUT2D eigenvalue weighted by atomic mass is 16.5. The number of benzene rings is 1. The topological polar surface area (TPSA) is 47.6 Å². The van der Waals surface area contributed by atoms with Gasteiger partial charge >= 0.3 is 5.97 Å². The van der Waals surface area contributed by atoms with Crippen molar-refractivity contribution in [2.45, 2.75) is 6.04 Å². The first kappa shape index (κ1) is 10.5. The van der Waals surface area contributed by atoms with E-state index in [1.54, 1.807) is 6.20 Å². The van der Waals surface area contributed by atoms with Crippen molar-refractivity contribution in [2.75, 3.05) is 13.7 Å². The smallest absolute Gasteiger partial charge is 0.331 e.